The van der Waals surface area contributed by atoms with Gasteiger partial charge in [-0.25, -0.2) is 8.42 Å². The number of benzene rings is 3. The molecule has 0 aromatic heterocycles. The predicted octanol–water partition coefficient (Wildman–Crippen LogP) is 4.80. The number of rotatable bonds is 7. The first-order chi connectivity index (χ1) is 14.8. The van der Waals surface area contributed by atoms with Gasteiger partial charge in [0, 0.05) is 23.2 Å². The first-order valence-corrected chi connectivity index (χ1v) is 12.1. The second-order valence-electron chi connectivity index (χ2n) is 6.81. The standard InChI is InChI=1S/C23H24N2O4S2/c1-16-12-13-19(31(27,28)25(2)21-10-5-6-11-22(21)29-3)15-20(16)23(26)24-17-8-7-9-18(14-17)30-4/h5-15H,1-4H3,(H,24,26). The number of sulfonamides is 1. The van der Waals surface area contributed by atoms with Crippen molar-refractivity contribution in [1.82, 2.24) is 0 Å². The molecular weight excluding hydrogens is 432 g/mol. The van der Waals surface area contributed by atoms with E-state index in [-0.39, 0.29) is 10.8 Å². The minimum absolute atomic E-state index is 0.0227. The van der Waals surface area contributed by atoms with Crippen molar-refractivity contribution >= 4 is 39.1 Å². The van der Waals surface area contributed by atoms with Gasteiger partial charge in [0.25, 0.3) is 15.9 Å². The number of nitrogens with one attached hydrogen (secondary N) is 1. The summed E-state index contributed by atoms with van der Waals surface area (Å²) in [6.07, 6.45) is 1.96. The normalized spacial score (nSPS) is 11.1. The topological polar surface area (TPSA) is 75.7 Å². The zero-order valence-corrected chi connectivity index (χ0v) is 19.4. The fourth-order valence-electron chi connectivity index (χ4n) is 3.08. The Morgan fingerprint density at radius 2 is 1.77 bits per heavy atom. The summed E-state index contributed by atoms with van der Waals surface area (Å²) in [7, 11) is -0.966. The maximum atomic E-state index is 13.3. The number of thioether (sulfide) groups is 1. The molecule has 1 N–H and O–H groups in total. The second-order valence-corrected chi connectivity index (χ2v) is 9.66. The monoisotopic (exact) mass is 456 g/mol. The molecule has 3 aromatic rings. The Kier molecular flexibility index (Phi) is 6.92. The number of ether oxygens (including phenoxy) is 1. The minimum atomic E-state index is -3.91. The summed E-state index contributed by atoms with van der Waals surface area (Å²) in [4.78, 5) is 13.9. The van der Waals surface area contributed by atoms with Crippen molar-refractivity contribution in [3.05, 3.63) is 77.9 Å². The molecule has 0 aliphatic rings. The Hall–Kier alpha value is -2.97. The van der Waals surface area contributed by atoms with Gasteiger partial charge in [0.15, 0.2) is 0 Å². The lowest BCUT2D eigenvalue weighted by molar-refractivity contribution is 0.102. The molecule has 1 amide bonds. The lowest BCUT2D eigenvalue weighted by Crippen LogP contribution is -2.27. The second kappa shape index (κ2) is 9.45. The van der Waals surface area contributed by atoms with Crippen LogP contribution in [-0.4, -0.2) is 34.7 Å². The number of carbonyl (C=O) groups is 1. The quantitative estimate of drug-likeness (QED) is 0.517. The van der Waals surface area contributed by atoms with Crippen LogP contribution >= 0.6 is 11.8 Å². The van der Waals surface area contributed by atoms with Crippen molar-refractivity contribution < 1.29 is 17.9 Å². The third kappa shape index (κ3) is 4.86. The number of methoxy groups -OCH3 is 1. The molecule has 31 heavy (non-hydrogen) atoms. The fourth-order valence-corrected chi connectivity index (χ4v) is 4.78. The van der Waals surface area contributed by atoms with Gasteiger partial charge in [-0.2, -0.15) is 0 Å². The van der Waals surface area contributed by atoms with Crippen LogP contribution in [0.5, 0.6) is 5.75 Å². The van der Waals surface area contributed by atoms with Crippen LogP contribution in [0.2, 0.25) is 0 Å². The number of hydrogen-bond donors (Lipinski definition) is 1. The molecule has 0 aliphatic carbocycles. The van der Waals surface area contributed by atoms with Crippen molar-refractivity contribution in [2.24, 2.45) is 0 Å². The van der Waals surface area contributed by atoms with E-state index in [0.29, 0.717) is 28.3 Å². The summed E-state index contributed by atoms with van der Waals surface area (Å²) in [5, 5.41) is 2.85. The average molecular weight is 457 g/mol. The van der Waals surface area contributed by atoms with Crippen molar-refractivity contribution in [2.45, 2.75) is 16.7 Å². The maximum Gasteiger partial charge on any atom is 0.264 e. The summed E-state index contributed by atoms with van der Waals surface area (Å²) in [5.41, 5.74) is 2.03. The summed E-state index contributed by atoms with van der Waals surface area (Å²) in [6, 6.07) is 18.9. The predicted molar refractivity (Wildman–Crippen MR) is 126 cm³/mol. The van der Waals surface area contributed by atoms with E-state index in [4.69, 9.17) is 4.74 Å². The molecule has 3 rings (SSSR count). The number of aryl methyl sites for hydroxylation is 1. The third-order valence-corrected chi connectivity index (χ3v) is 7.36. The molecule has 0 heterocycles. The number of amides is 1. The molecule has 0 saturated heterocycles. The molecule has 0 radical (unpaired) electrons. The highest BCUT2D eigenvalue weighted by molar-refractivity contribution is 7.98. The summed E-state index contributed by atoms with van der Waals surface area (Å²) >= 11 is 1.57. The van der Waals surface area contributed by atoms with Gasteiger partial charge in [0.05, 0.1) is 17.7 Å². The van der Waals surface area contributed by atoms with Crippen LogP contribution in [0, 0.1) is 6.92 Å². The molecule has 0 unspecified atom stereocenters. The first-order valence-electron chi connectivity index (χ1n) is 9.46. The summed E-state index contributed by atoms with van der Waals surface area (Å²) in [6.45, 7) is 1.77. The number of nitrogens with zero attached hydrogens (tertiary/aromatic N) is 1. The minimum Gasteiger partial charge on any atom is -0.495 e. The summed E-state index contributed by atoms with van der Waals surface area (Å²) in [5.74, 6) is 0.0695. The van der Waals surface area contributed by atoms with E-state index in [1.54, 1.807) is 55.1 Å². The van der Waals surface area contributed by atoms with E-state index >= 15 is 0 Å². The van der Waals surface area contributed by atoms with E-state index in [1.165, 1.54) is 26.3 Å². The van der Waals surface area contributed by atoms with Crippen molar-refractivity contribution in [2.75, 3.05) is 30.0 Å². The highest BCUT2D eigenvalue weighted by Gasteiger charge is 2.25. The SMILES string of the molecule is COc1ccccc1N(C)S(=O)(=O)c1ccc(C)c(C(=O)Nc2cccc(SC)c2)c1. The van der Waals surface area contributed by atoms with Crippen molar-refractivity contribution in [3.63, 3.8) is 0 Å². The average Bonchev–Trinajstić information content (AvgIpc) is 2.78. The van der Waals surface area contributed by atoms with Crippen LogP contribution in [0.15, 0.2) is 76.5 Å². The zero-order chi connectivity index (χ0) is 22.6. The first kappa shape index (κ1) is 22.7. The van der Waals surface area contributed by atoms with Crippen LogP contribution in [0.4, 0.5) is 11.4 Å². The van der Waals surface area contributed by atoms with E-state index in [1.807, 2.05) is 24.5 Å². The van der Waals surface area contributed by atoms with Crippen molar-refractivity contribution in [3.8, 4) is 5.75 Å². The van der Waals surface area contributed by atoms with Crippen LogP contribution in [0.1, 0.15) is 15.9 Å². The van der Waals surface area contributed by atoms with Crippen LogP contribution in [0.3, 0.4) is 0 Å². The van der Waals surface area contributed by atoms with Crippen molar-refractivity contribution in [1.29, 1.82) is 0 Å². The summed E-state index contributed by atoms with van der Waals surface area (Å²) < 4.78 is 33.0. The molecule has 0 atom stereocenters. The van der Waals surface area contributed by atoms with Gasteiger partial charge in [-0.15, -0.1) is 11.8 Å². The fraction of sp³-hybridized carbons (Fsp3) is 0.174. The zero-order valence-electron chi connectivity index (χ0n) is 17.7. The lowest BCUT2D eigenvalue weighted by atomic mass is 10.1. The Morgan fingerprint density at radius 3 is 2.48 bits per heavy atom. The molecule has 8 heteroatoms. The van der Waals surface area contributed by atoms with Gasteiger partial charge >= 0.3 is 0 Å². The van der Waals surface area contributed by atoms with Crippen LogP contribution in [0.25, 0.3) is 0 Å². The van der Waals surface area contributed by atoms with Gasteiger partial charge in [-0.1, -0.05) is 24.3 Å². The smallest absolute Gasteiger partial charge is 0.264 e. The van der Waals surface area contributed by atoms with Gasteiger partial charge < -0.3 is 10.1 Å². The highest BCUT2D eigenvalue weighted by atomic mass is 32.2. The molecule has 162 valence electrons. The Balaban J connectivity index is 1.94. The Morgan fingerprint density at radius 1 is 1.03 bits per heavy atom. The number of hydrogen-bond acceptors (Lipinski definition) is 5. The van der Waals surface area contributed by atoms with E-state index < -0.39 is 10.0 Å². The molecule has 0 aliphatic heterocycles. The molecule has 0 spiro atoms. The molecule has 6 nitrogen and oxygen atoms in total. The Bertz CT molecular complexity index is 1210. The molecule has 0 fully saturated rings. The third-order valence-electron chi connectivity index (χ3n) is 4.86. The lowest BCUT2D eigenvalue weighted by Gasteiger charge is -2.22. The molecule has 0 saturated carbocycles. The molecule has 0 bridgehead atoms. The number of carbonyl (C=O) groups excluding carboxylic acids is 1. The largest absolute Gasteiger partial charge is 0.495 e. The maximum absolute atomic E-state index is 13.3. The van der Waals surface area contributed by atoms with Crippen LogP contribution < -0.4 is 14.4 Å². The van der Waals surface area contributed by atoms with E-state index in [9.17, 15) is 13.2 Å². The van der Waals surface area contributed by atoms with Gasteiger partial charge in [0.1, 0.15) is 5.75 Å². The van der Waals surface area contributed by atoms with Gasteiger partial charge in [0.2, 0.25) is 0 Å². The van der Waals surface area contributed by atoms with E-state index in [2.05, 4.69) is 5.32 Å². The number of para-hydroxylation sites is 2. The van der Waals surface area contributed by atoms with Gasteiger partial charge in [-0.3, -0.25) is 9.10 Å². The number of anilines is 2. The van der Waals surface area contributed by atoms with Crippen LogP contribution in [-0.2, 0) is 10.0 Å². The van der Waals surface area contributed by atoms with E-state index in [0.717, 1.165) is 9.20 Å². The Labute approximate surface area is 187 Å². The highest BCUT2D eigenvalue weighted by Crippen LogP contribution is 2.31. The van der Waals surface area contributed by atoms with Gasteiger partial charge in [-0.05, 0) is 61.2 Å². The molecule has 3 aromatic carbocycles. The molecular formula is C23H24N2O4S2.